The molecule has 0 radical (unpaired) electrons. The van der Waals surface area contributed by atoms with E-state index >= 15 is 0 Å². The summed E-state index contributed by atoms with van der Waals surface area (Å²) in [4.78, 5) is 12.6. The van der Waals surface area contributed by atoms with Gasteiger partial charge >= 0.3 is 0 Å². The zero-order chi connectivity index (χ0) is 18.7. The number of aromatic nitrogens is 2. The number of methoxy groups -OCH3 is 1. The average Bonchev–Trinajstić information content (AvgIpc) is 3.04. The van der Waals surface area contributed by atoms with Crippen molar-refractivity contribution in [3.8, 4) is 11.5 Å². The first-order valence-corrected chi connectivity index (χ1v) is 8.84. The summed E-state index contributed by atoms with van der Waals surface area (Å²) in [6, 6.07) is 5.61. The van der Waals surface area contributed by atoms with Crippen molar-refractivity contribution in [2.45, 2.75) is 45.9 Å². The van der Waals surface area contributed by atoms with E-state index in [0.29, 0.717) is 36.8 Å². The average molecular weight is 359 g/mol. The minimum Gasteiger partial charge on any atom is -0.493 e. The van der Waals surface area contributed by atoms with Crippen molar-refractivity contribution in [3.05, 3.63) is 40.7 Å². The Morgan fingerprint density at radius 2 is 2.19 bits per heavy atom. The summed E-state index contributed by atoms with van der Waals surface area (Å²) in [5, 5.41) is 10.1. The molecule has 0 bridgehead atoms. The Morgan fingerprint density at radius 3 is 2.92 bits per heavy atom. The zero-order valence-corrected chi connectivity index (χ0v) is 15.6. The van der Waals surface area contributed by atoms with Gasteiger partial charge in [-0.2, -0.15) is 5.10 Å². The van der Waals surface area contributed by atoms with Crippen molar-refractivity contribution in [1.82, 2.24) is 15.5 Å². The van der Waals surface area contributed by atoms with Crippen LogP contribution in [-0.2, 0) is 17.7 Å². The molecule has 2 aromatic rings. The van der Waals surface area contributed by atoms with E-state index in [-0.39, 0.29) is 18.1 Å². The number of rotatable bonds is 6. The maximum absolute atomic E-state index is 12.6. The maximum atomic E-state index is 12.6. The second kappa shape index (κ2) is 7.78. The number of nitrogens with one attached hydrogen (secondary N) is 2. The molecular formula is C19H25N3O4. The van der Waals surface area contributed by atoms with E-state index in [0.717, 1.165) is 16.8 Å². The van der Waals surface area contributed by atoms with E-state index < -0.39 is 0 Å². The Kier molecular flexibility index (Phi) is 5.46. The fourth-order valence-electron chi connectivity index (χ4n) is 3.23. The van der Waals surface area contributed by atoms with E-state index in [4.69, 9.17) is 14.2 Å². The third-order valence-corrected chi connectivity index (χ3v) is 4.43. The van der Waals surface area contributed by atoms with E-state index in [1.165, 1.54) is 0 Å². The molecule has 0 fully saturated rings. The topological polar surface area (TPSA) is 85.5 Å². The Labute approximate surface area is 153 Å². The summed E-state index contributed by atoms with van der Waals surface area (Å²) in [6.07, 6.45) is 0.658. The Hall–Kier alpha value is -2.54. The fourth-order valence-corrected chi connectivity index (χ4v) is 3.23. The third kappa shape index (κ3) is 3.67. The van der Waals surface area contributed by atoms with Gasteiger partial charge in [0.2, 0.25) is 0 Å². The smallest absolute Gasteiger partial charge is 0.272 e. The molecule has 1 aromatic carbocycles. The lowest BCUT2D eigenvalue weighted by molar-refractivity contribution is -0.00697. The quantitative estimate of drug-likeness (QED) is 0.828. The summed E-state index contributed by atoms with van der Waals surface area (Å²) >= 11 is 0. The summed E-state index contributed by atoms with van der Waals surface area (Å²) in [6.45, 7) is 6.80. The number of carbonyl (C=O) groups excluding carboxylic acids is 1. The monoisotopic (exact) mass is 359 g/mol. The SMILES string of the molecule is CCOc1cc(CNC(=O)c2n[nH]c3c2C[C@H](C)O[C@@H]3C)ccc1OC. The van der Waals surface area contributed by atoms with E-state index in [1.54, 1.807) is 7.11 Å². The van der Waals surface area contributed by atoms with Gasteiger partial charge in [-0.1, -0.05) is 6.07 Å². The molecular weight excluding hydrogens is 334 g/mol. The number of amides is 1. The van der Waals surface area contributed by atoms with Gasteiger partial charge in [-0.15, -0.1) is 0 Å². The van der Waals surface area contributed by atoms with Gasteiger partial charge in [0.1, 0.15) is 0 Å². The molecule has 0 saturated heterocycles. The van der Waals surface area contributed by atoms with Gasteiger partial charge in [0.05, 0.1) is 31.6 Å². The maximum Gasteiger partial charge on any atom is 0.272 e. The van der Waals surface area contributed by atoms with Crippen LogP contribution in [0.25, 0.3) is 0 Å². The molecule has 2 N–H and O–H groups in total. The largest absolute Gasteiger partial charge is 0.493 e. The predicted molar refractivity (Wildman–Crippen MR) is 96.6 cm³/mol. The van der Waals surface area contributed by atoms with E-state index in [9.17, 15) is 4.79 Å². The summed E-state index contributed by atoms with van der Waals surface area (Å²) in [5.74, 6) is 1.14. The molecule has 3 rings (SSSR count). The van der Waals surface area contributed by atoms with Crippen molar-refractivity contribution in [2.24, 2.45) is 0 Å². The van der Waals surface area contributed by atoms with Crippen molar-refractivity contribution >= 4 is 5.91 Å². The highest BCUT2D eigenvalue weighted by atomic mass is 16.5. The number of benzene rings is 1. The second-order valence-electron chi connectivity index (χ2n) is 6.36. The molecule has 2 atom stereocenters. The summed E-state index contributed by atoms with van der Waals surface area (Å²) in [7, 11) is 1.60. The highest BCUT2D eigenvalue weighted by Gasteiger charge is 2.29. The Balaban J connectivity index is 1.71. The van der Waals surface area contributed by atoms with Crippen molar-refractivity contribution in [3.63, 3.8) is 0 Å². The number of H-pyrrole nitrogens is 1. The number of nitrogens with zero attached hydrogens (tertiary/aromatic N) is 1. The molecule has 2 heterocycles. The number of ether oxygens (including phenoxy) is 3. The Bertz CT molecular complexity index is 787. The van der Waals surface area contributed by atoms with Crippen LogP contribution in [0.15, 0.2) is 18.2 Å². The van der Waals surface area contributed by atoms with Crippen LogP contribution in [-0.4, -0.2) is 35.9 Å². The number of fused-ring (bicyclic) bond motifs is 1. The zero-order valence-electron chi connectivity index (χ0n) is 15.6. The summed E-state index contributed by atoms with van der Waals surface area (Å²) in [5.41, 5.74) is 3.20. The van der Waals surface area contributed by atoms with Gasteiger partial charge in [-0.3, -0.25) is 9.89 Å². The standard InChI is InChI=1S/C19H25N3O4/c1-5-25-16-9-13(6-7-15(16)24-4)10-20-19(23)18-14-8-11(2)26-12(3)17(14)21-22-18/h6-7,9,11-12H,5,8,10H2,1-4H3,(H,20,23)(H,21,22)/t11-,12+/m0/s1. The molecule has 0 saturated carbocycles. The number of hydrogen-bond donors (Lipinski definition) is 2. The van der Waals surface area contributed by atoms with Crippen LogP contribution in [0.3, 0.4) is 0 Å². The van der Waals surface area contributed by atoms with Crippen molar-refractivity contribution in [2.75, 3.05) is 13.7 Å². The van der Waals surface area contributed by atoms with Gasteiger partial charge in [-0.25, -0.2) is 0 Å². The highest BCUT2D eigenvalue weighted by molar-refractivity contribution is 5.94. The van der Waals surface area contributed by atoms with Gasteiger partial charge in [0.25, 0.3) is 5.91 Å². The van der Waals surface area contributed by atoms with Crippen LogP contribution in [0, 0.1) is 0 Å². The minimum absolute atomic E-state index is 0.0667. The van der Waals surface area contributed by atoms with Crippen LogP contribution >= 0.6 is 0 Å². The van der Waals surface area contributed by atoms with E-state index in [2.05, 4.69) is 15.5 Å². The lowest BCUT2D eigenvalue weighted by Crippen LogP contribution is -2.27. The van der Waals surface area contributed by atoms with Crippen molar-refractivity contribution in [1.29, 1.82) is 0 Å². The predicted octanol–water partition coefficient (Wildman–Crippen LogP) is 2.77. The molecule has 1 aliphatic rings. The molecule has 26 heavy (non-hydrogen) atoms. The van der Waals surface area contributed by atoms with Gasteiger partial charge in [0, 0.05) is 18.5 Å². The Morgan fingerprint density at radius 1 is 1.38 bits per heavy atom. The molecule has 140 valence electrons. The second-order valence-corrected chi connectivity index (χ2v) is 6.36. The molecule has 1 aliphatic heterocycles. The van der Waals surface area contributed by atoms with Gasteiger partial charge < -0.3 is 19.5 Å². The number of hydrogen-bond acceptors (Lipinski definition) is 5. The first kappa shape index (κ1) is 18.3. The van der Waals surface area contributed by atoms with Crippen molar-refractivity contribution < 1.29 is 19.0 Å². The number of aromatic amines is 1. The lowest BCUT2D eigenvalue weighted by Gasteiger charge is -2.25. The molecule has 7 nitrogen and oxygen atoms in total. The summed E-state index contributed by atoms with van der Waals surface area (Å²) < 4.78 is 16.6. The molecule has 0 unspecified atom stereocenters. The molecule has 1 amide bonds. The van der Waals surface area contributed by atoms with Crippen LogP contribution in [0.2, 0.25) is 0 Å². The lowest BCUT2D eigenvalue weighted by atomic mass is 9.99. The highest BCUT2D eigenvalue weighted by Crippen LogP contribution is 2.30. The van der Waals surface area contributed by atoms with Crippen LogP contribution in [0.1, 0.15) is 54.2 Å². The first-order valence-electron chi connectivity index (χ1n) is 8.84. The third-order valence-electron chi connectivity index (χ3n) is 4.43. The fraction of sp³-hybridized carbons (Fsp3) is 0.474. The minimum atomic E-state index is -0.197. The molecule has 1 aromatic heterocycles. The van der Waals surface area contributed by atoms with Gasteiger partial charge in [0.15, 0.2) is 17.2 Å². The molecule has 0 aliphatic carbocycles. The molecule has 7 heteroatoms. The van der Waals surface area contributed by atoms with Gasteiger partial charge in [-0.05, 0) is 38.5 Å². The van der Waals surface area contributed by atoms with Crippen LogP contribution in [0.4, 0.5) is 0 Å². The van der Waals surface area contributed by atoms with Crippen LogP contribution < -0.4 is 14.8 Å². The number of carbonyl (C=O) groups is 1. The molecule has 0 spiro atoms. The first-order chi connectivity index (χ1) is 12.5. The normalized spacial score (nSPS) is 18.9. The van der Waals surface area contributed by atoms with Crippen LogP contribution in [0.5, 0.6) is 11.5 Å². The van der Waals surface area contributed by atoms with E-state index in [1.807, 2.05) is 39.0 Å².